The normalized spacial score (nSPS) is 9.69. The highest BCUT2D eigenvalue weighted by atomic mass is 35.5. The van der Waals surface area contributed by atoms with Crippen LogP contribution < -0.4 is 10.6 Å². The van der Waals surface area contributed by atoms with Crippen molar-refractivity contribution in [2.75, 3.05) is 18.5 Å². The molecule has 2 amide bonds. The number of hydrogen-bond acceptors (Lipinski definition) is 6. The summed E-state index contributed by atoms with van der Waals surface area (Å²) in [6.45, 7) is -0.953. The van der Waals surface area contributed by atoms with Crippen LogP contribution in [0.3, 0.4) is 0 Å². The number of ether oxygens (including phenoxy) is 1. The van der Waals surface area contributed by atoms with Gasteiger partial charge in [-0.05, 0) is 30.3 Å². The molecule has 0 aliphatic carbocycles. The van der Waals surface area contributed by atoms with E-state index < -0.39 is 30.9 Å². The third-order valence-electron chi connectivity index (χ3n) is 2.99. The third-order valence-corrected chi connectivity index (χ3v) is 3.22. The second-order valence-corrected chi connectivity index (χ2v) is 5.38. The van der Waals surface area contributed by atoms with E-state index in [2.05, 4.69) is 15.6 Å². The number of amides is 2. The first-order chi connectivity index (χ1) is 12.5. The zero-order valence-electron chi connectivity index (χ0n) is 13.4. The van der Waals surface area contributed by atoms with E-state index >= 15 is 0 Å². The van der Waals surface area contributed by atoms with Crippen molar-refractivity contribution in [2.24, 2.45) is 0 Å². The number of nitrogens with one attached hydrogen (secondary N) is 2. The lowest BCUT2D eigenvalue weighted by Crippen LogP contribution is -2.32. The van der Waals surface area contributed by atoms with Gasteiger partial charge in [-0.15, -0.1) is 0 Å². The summed E-state index contributed by atoms with van der Waals surface area (Å²) in [5.74, 6) is -1.96. The number of rotatable bonds is 6. The zero-order chi connectivity index (χ0) is 18.9. The zero-order valence-corrected chi connectivity index (χ0v) is 14.1. The van der Waals surface area contributed by atoms with Gasteiger partial charge in [-0.1, -0.05) is 17.7 Å². The molecule has 2 rings (SSSR count). The summed E-state index contributed by atoms with van der Waals surface area (Å²) in [6.07, 6.45) is 1.36. The maximum Gasteiger partial charge on any atom is 0.325 e. The Morgan fingerprint density at radius 1 is 1.23 bits per heavy atom. The number of carbonyl (C=O) groups is 3. The van der Waals surface area contributed by atoms with Crippen LogP contribution >= 0.6 is 11.6 Å². The lowest BCUT2D eigenvalue weighted by Gasteiger charge is -2.07. The lowest BCUT2D eigenvalue weighted by atomic mass is 10.2. The summed E-state index contributed by atoms with van der Waals surface area (Å²) in [4.78, 5) is 38.9. The van der Waals surface area contributed by atoms with Crippen LogP contribution in [0, 0.1) is 11.3 Å². The van der Waals surface area contributed by atoms with Gasteiger partial charge in [0.1, 0.15) is 12.2 Å². The molecule has 2 aromatic rings. The van der Waals surface area contributed by atoms with E-state index in [0.717, 1.165) is 0 Å². The van der Waals surface area contributed by atoms with Crippen LogP contribution in [-0.2, 0) is 14.3 Å². The smallest absolute Gasteiger partial charge is 0.325 e. The standard InChI is InChI=1S/C17H13ClN4O4/c18-12-4-5-20-14(7-12)17(25)21-9-16(24)26-10-15(23)22-13-3-1-2-11(6-13)8-19/h1-7H,9-10H2,(H,21,25)(H,22,23). The molecular weight excluding hydrogens is 360 g/mol. The molecule has 0 bridgehead atoms. The minimum atomic E-state index is -0.790. The van der Waals surface area contributed by atoms with E-state index in [1.807, 2.05) is 6.07 Å². The summed E-state index contributed by atoms with van der Waals surface area (Å²) in [7, 11) is 0. The van der Waals surface area contributed by atoms with Crippen molar-refractivity contribution in [1.29, 1.82) is 5.26 Å². The fraction of sp³-hybridized carbons (Fsp3) is 0.118. The van der Waals surface area contributed by atoms with E-state index in [1.165, 1.54) is 24.4 Å². The first-order valence-electron chi connectivity index (χ1n) is 7.33. The second kappa shape index (κ2) is 9.15. The average Bonchev–Trinajstić information content (AvgIpc) is 2.64. The highest BCUT2D eigenvalue weighted by molar-refractivity contribution is 6.30. The Balaban J connectivity index is 1.75. The third kappa shape index (κ3) is 5.89. The quantitative estimate of drug-likeness (QED) is 0.741. The number of nitrogens with zero attached hydrogens (tertiary/aromatic N) is 2. The lowest BCUT2D eigenvalue weighted by molar-refractivity contribution is -0.146. The van der Waals surface area contributed by atoms with E-state index in [1.54, 1.807) is 18.2 Å². The van der Waals surface area contributed by atoms with E-state index in [9.17, 15) is 14.4 Å². The molecule has 8 nitrogen and oxygen atoms in total. The van der Waals surface area contributed by atoms with Gasteiger partial charge in [0.25, 0.3) is 11.8 Å². The largest absolute Gasteiger partial charge is 0.454 e. The molecule has 0 atom stereocenters. The average molecular weight is 373 g/mol. The fourth-order valence-corrected chi connectivity index (χ4v) is 1.99. The topological polar surface area (TPSA) is 121 Å². The molecular formula is C17H13ClN4O4. The van der Waals surface area contributed by atoms with E-state index in [4.69, 9.17) is 21.6 Å². The Labute approximate surface area is 153 Å². The Bertz CT molecular complexity index is 879. The van der Waals surface area contributed by atoms with Crippen LogP contribution in [0.5, 0.6) is 0 Å². The molecule has 0 fully saturated rings. The molecule has 0 saturated carbocycles. The van der Waals surface area contributed by atoms with Gasteiger partial charge in [-0.2, -0.15) is 5.26 Å². The van der Waals surface area contributed by atoms with Crippen LogP contribution in [0.15, 0.2) is 42.6 Å². The Morgan fingerprint density at radius 3 is 2.77 bits per heavy atom. The highest BCUT2D eigenvalue weighted by Crippen LogP contribution is 2.09. The minimum absolute atomic E-state index is 0.0559. The molecule has 132 valence electrons. The number of pyridine rings is 1. The minimum Gasteiger partial charge on any atom is -0.454 e. The van der Waals surface area contributed by atoms with Crippen LogP contribution in [0.4, 0.5) is 5.69 Å². The highest BCUT2D eigenvalue weighted by Gasteiger charge is 2.12. The Morgan fingerprint density at radius 2 is 2.04 bits per heavy atom. The molecule has 2 N–H and O–H groups in total. The number of hydrogen-bond donors (Lipinski definition) is 2. The molecule has 26 heavy (non-hydrogen) atoms. The van der Waals surface area contributed by atoms with Gasteiger partial charge in [0.05, 0.1) is 11.6 Å². The van der Waals surface area contributed by atoms with Crippen LogP contribution in [0.2, 0.25) is 5.02 Å². The number of halogens is 1. The Kier molecular flexibility index (Phi) is 6.65. The predicted molar refractivity (Wildman–Crippen MR) is 92.3 cm³/mol. The molecule has 0 aliphatic rings. The van der Waals surface area contributed by atoms with Crippen molar-refractivity contribution in [3.8, 4) is 6.07 Å². The molecule has 0 spiro atoms. The van der Waals surface area contributed by atoms with Crippen molar-refractivity contribution in [3.63, 3.8) is 0 Å². The van der Waals surface area contributed by atoms with E-state index in [0.29, 0.717) is 16.3 Å². The monoisotopic (exact) mass is 372 g/mol. The Hall–Kier alpha value is -3.44. The summed E-state index contributed by atoms with van der Waals surface area (Å²) in [5.41, 5.74) is 0.850. The first kappa shape index (κ1) is 18.9. The molecule has 1 aromatic carbocycles. The van der Waals surface area contributed by atoms with Crippen molar-refractivity contribution in [1.82, 2.24) is 10.3 Å². The second-order valence-electron chi connectivity index (χ2n) is 4.94. The van der Waals surface area contributed by atoms with Gasteiger partial charge in [0.2, 0.25) is 0 Å². The van der Waals surface area contributed by atoms with Gasteiger partial charge in [-0.3, -0.25) is 19.4 Å². The maximum atomic E-state index is 11.8. The number of nitriles is 1. The van der Waals surface area contributed by atoms with Crippen molar-refractivity contribution < 1.29 is 19.1 Å². The van der Waals surface area contributed by atoms with Crippen LogP contribution in [0.25, 0.3) is 0 Å². The van der Waals surface area contributed by atoms with Crippen LogP contribution in [0.1, 0.15) is 16.1 Å². The maximum absolute atomic E-state index is 11.8. The SMILES string of the molecule is N#Cc1cccc(NC(=O)COC(=O)CNC(=O)c2cc(Cl)ccn2)c1. The number of carbonyl (C=O) groups excluding carboxylic acids is 3. The van der Waals surface area contributed by atoms with Gasteiger partial charge in [-0.25, -0.2) is 0 Å². The molecule has 0 unspecified atom stereocenters. The molecule has 0 saturated heterocycles. The van der Waals surface area contributed by atoms with Crippen molar-refractivity contribution >= 4 is 35.1 Å². The summed E-state index contributed by atoms with van der Waals surface area (Å²) in [6, 6.07) is 11.1. The first-order valence-corrected chi connectivity index (χ1v) is 7.71. The van der Waals surface area contributed by atoms with Crippen molar-refractivity contribution in [2.45, 2.75) is 0 Å². The number of esters is 1. The van der Waals surface area contributed by atoms with E-state index in [-0.39, 0.29) is 5.69 Å². The van der Waals surface area contributed by atoms with Gasteiger partial charge < -0.3 is 15.4 Å². The van der Waals surface area contributed by atoms with Gasteiger partial charge in [0, 0.05) is 16.9 Å². The molecule has 9 heteroatoms. The summed E-state index contributed by atoms with van der Waals surface area (Å²) in [5, 5.41) is 13.9. The number of anilines is 1. The number of benzene rings is 1. The molecule has 1 aromatic heterocycles. The van der Waals surface area contributed by atoms with Gasteiger partial charge >= 0.3 is 5.97 Å². The summed E-state index contributed by atoms with van der Waals surface area (Å²) < 4.78 is 4.77. The van der Waals surface area contributed by atoms with Crippen LogP contribution in [-0.4, -0.2) is 35.9 Å². The molecule has 1 heterocycles. The van der Waals surface area contributed by atoms with Crippen molar-refractivity contribution in [3.05, 3.63) is 58.9 Å². The summed E-state index contributed by atoms with van der Waals surface area (Å²) >= 11 is 5.75. The fourth-order valence-electron chi connectivity index (χ4n) is 1.83. The van der Waals surface area contributed by atoms with Gasteiger partial charge in [0.15, 0.2) is 6.61 Å². The molecule has 0 radical (unpaired) electrons. The molecule has 0 aliphatic heterocycles. The predicted octanol–water partition coefficient (Wildman–Crippen LogP) is 1.52. The number of aromatic nitrogens is 1.